The summed E-state index contributed by atoms with van der Waals surface area (Å²) in [6.45, 7) is 3.05. The number of hydrogen-bond acceptors (Lipinski definition) is 5. The van der Waals surface area contributed by atoms with Crippen molar-refractivity contribution in [3.63, 3.8) is 0 Å². The molecule has 0 unspecified atom stereocenters. The van der Waals surface area contributed by atoms with E-state index in [0.717, 1.165) is 9.75 Å². The van der Waals surface area contributed by atoms with E-state index in [9.17, 15) is 4.79 Å². The Morgan fingerprint density at radius 1 is 1.44 bits per heavy atom. The van der Waals surface area contributed by atoms with Crippen LogP contribution in [0.5, 0.6) is 0 Å². The van der Waals surface area contributed by atoms with E-state index in [1.54, 1.807) is 6.92 Å². The maximum absolute atomic E-state index is 11.2. The maximum Gasteiger partial charge on any atom is 0.311 e. The van der Waals surface area contributed by atoms with Crippen LogP contribution >= 0.6 is 11.3 Å². The molecule has 1 rings (SSSR count). The third kappa shape index (κ3) is 4.74. The number of carbonyl (C=O) groups is 1. The van der Waals surface area contributed by atoms with E-state index in [4.69, 9.17) is 14.6 Å². The average Bonchev–Trinajstić information content (AvgIpc) is 2.66. The smallest absolute Gasteiger partial charge is 0.311 e. The molecule has 0 spiro atoms. The van der Waals surface area contributed by atoms with E-state index >= 15 is 0 Å². The molecule has 0 amide bonds. The van der Waals surface area contributed by atoms with Crippen molar-refractivity contribution in [1.82, 2.24) is 0 Å². The molecule has 5 heteroatoms. The zero-order valence-corrected chi connectivity index (χ0v) is 10.1. The molecule has 0 aliphatic carbocycles. The Morgan fingerprint density at radius 2 is 2.19 bits per heavy atom. The highest BCUT2D eigenvalue weighted by Crippen LogP contribution is 2.18. The summed E-state index contributed by atoms with van der Waals surface area (Å²) in [4.78, 5) is 13.2. The molecule has 0 saturated carbocycles. The van der Waals surface area contributed by atoms with Crippen LogP contribution in [0.2, 0.25) is 0 Å². The van der Waals surface area contributed by atoms with E-state index in [0.29, 0.717) is 26.2 Å². The summed E-state index contributed by atoms with van der Waals surface area (Å²) in [5.74, 6) is -0.202. The number of esters is 1. The van der Waals surface area contributed by atoms with Gasteiger partial charge >= 0.3 is 5.97 Å². The first-order valence-corrected chi connectivity index (χ1v) is 5.99. The monoisotopic (exact) mass is 244 g/mol. The van der Waals surface area contributed by atoms with Gasteiger partial charge in [0.25, 0.3) is 0 Å². The molecule has 1 heterocycles. The third-order valence-electron chi connectivity index (χ3n) is 1.82. The van der Waals surface area contributed by atoms with Crippen LogP contribution in [-0.4, -0.2) is 30.9 Å². The lowest BCUT2D eigenvalue weighted by Gasteiger charge is -1.99. The largest absolute Gasteiger partial charge is 0.466 e. The van der Waals surface area contributed by atoms with Gasteiger partial charge in [0.1, 0.15) is 0 Å². The quantitative estimate of drug-likeness (QED) is 0.581. The van der Waals surface area contributed by atoms with Gasteiger partial charge < -0.3 is 14.6 Å². The summed E-state index contributed by atoms with van der Waals surface area (Å²) < 4.78 is 10.0. The Morgan fingerprint density at radius 3 is 2.88 bits per heavy atom. The lowest BCUT2D eigenvalue weighted by atomic mass is 10.3. The van der Waals surface area contributed by atoms with Crippen molar-refractivity contribution < 1.29 is 19.4 Å². The first-order valence-electron chi connectivity index (χ1n) is 5.18. The minimum Gasteiger partial charge on any atom is -0.466 e. The van der Waals surface area contributed by atoms with Crippen molar-refractivity contribution in [2.45, 2.75) is 20.0 Å². The molecule has 1 N–H and O–H groups in total. The molecule has 1 aromatic heterocycles. The summed E-state index contributed by atoms with van der Waals surface area (Å²) in [6, 6.07) is 3.83. The van der Waals surface area contributed by atoms with Gasteiger partial charge in [-0.2, -0.15) is 0 Å². The number of hydrogen-bond donors (Lipinski definition) is 1. The van der Waals surface area contributed by atoms with Gasteiger partial charge in [-0.1, -0.05) is 0 Å². The fourth-order valence-corrected chi connectivity index (χ4v) is 2.13. The van der Waals surface area contributed by atoms with Gasteiger partial charge in [-0.15, -0.1) is 11.3 Å². The Labute approximate surface area is 98.8 Å². The van der Waals surface area contributed by atoms with E-state index in [-0.39, 0.29) is 12.6 Å². The number of thiophene rings is 1. The van der Waals surface area contributed by atoms with Gasteiger partial charge in [0.2, 0.25) is 0 Å². The van der Waals surface area contributed by atoms with Crippen LogP contribution in [0, 0.1) is 0 Å². The highest BCUT2D eigenvalue weighted by atomic mass is 32.1. The van der Waals surface area contributed by atoms with Crippen LogP contribution in [0.1, 0.15) is 16.7 Å². The molecular formula is C11H16O4S. The van der Waals surface area contributed by atoms with E-state index in [1.165, 1.54) is 11.3 Å². The van der Waals surface area contributed by atoms with E-state index in [1.807, 2.05) is 12.1 Å². The standard InChI is InChI=1S/C11H16O4S/c1-2-15-11(13)7-9-3-4-10(16-9)8-14-6-5-12/h3-4,12H,2,5-8H2,1H3. The molecule has 0 atom stereocenters. The minimum atomic E-state index is -0.202. The molecule has 0 aliphatic heterocycles. The van der Waals surface area contributed by atoms with Crippen LogP contribution in [-0.2, 0) is 27.3 Å². The lowest BCUT2D eigenvalue weighted by molar-refractivity contribution is -0.142. The normalized spacial score (nSPS) is 10.4. The summed E-state index contributed by atoms with van der Waals surface area (Å²) >= 11 is 1.53. The number of aliphatic hydroxyl groups is 1. The molecule has 0 bridgehead atoms. The van der Waals surface area contributed by atoms with Crippen LogP contribution in [0.4, 0.5) is 0 Å². The summed E-state index contributed by atoms with van der Waals surface area (Å²) in [5, 5.41) is 8.54. The van der Waals surface area contributed by atoms with Gasteiger partial charge in [-0.05, 0) is 19.1 Å². The second kappa shape index (κ2) is 7.38. The molecule has 0 fully saturated rings. The number of ether oxygens (including phenoxy) is 2. The number of carbonyl (C=O) groups excluding carboxylic acids is 1. The van der Waals surface area contributed by atoms with Crippen molar-refractivity contribution in [3.8, 4) is 0 Å². The predicted molar refractivity (Wildman–Crippen MR) is 61.4 cm³/mol. The van der Waals surface area contributed by atoms with Crippen LogP contribution in [0.15, 0.2) is 12.1 Å². The van der Waals surface area contributed by atoms with Crippen molar-refractivity contribution in [1.29, 1.82) is 0 Å². The first-order chi connectivity index (χ1) is 7.76. The second-order valence-corrected chi connectivity index (χ2v) is 4.38. The molecule has 4 nitrogen and oxygen atoms in total. The van der Waals surface area contributed by atoms with Gasteiger partial charge in [0, 0.05) is 9.75 Å². The van der Waals surface area contributed by atoms with Gasteiger partial charge in [-0.25, -0.2) is 0 Å². The zero-order chi connectivity index (χ0) is 11.8. The van der Waals surface area contributed by atoms with Gasteiger partial charge in [0.15, 0.2) is 0 Å². The highest BCUT2D eigenvalue weighted by molar-refractivity contribution is 7.12. The van der Waals surface area contributed by atoms with Gasteiger partial charge in [-0.3, -0.25) is 4.79 Å². The predicted octanol–water partition coefficient (Wildman–Crippen LogP) is 1.36. The molecular weight excluding hydrogens is 228 g/mol. The molecule has 0 radical (unpaired) electrons. The molecule has 1 aromatic rings. The summed E-state index contributed by atoms with van der Waals surface area (Å²) in [5.41, 5.74) is 0. The lowest BCUT2D eigenvalue weighted by Crippen LogP contribution is -2.06. The maximum atomic E-state index is 11.2. The molecule has 0 saturated heterocycles. The topological polar surface area (TPSA) is 55.8 Å². The summed E-state index contributed by atoms with van der Waals surface area (Å²) in [7, 11) is 0. The van der Waals surface area contributed by atoms with Crippen LogP contribution < -0.4 is 0 Å². The van der Waals surface area contributed by atoms with Crippen molar-refractivity contribution in [2.75, 3.05) is 19.8 Å². The zero-order valence-electron chi connectivity index (χ0n) is 9.27. The Hall–Kier alpha value is -0.910. The fourth-order valence-electron chi connectivity index (χ4n) is 1.19. The molecule has 0 aliphatic rings. The minimum absolute atomic E-state index is 0.0288. The van der Waals surface area contributed by atoms with Crippen LogP contribution in [0.3, 0.4) is 0 Å². The van der Waals surface area contributed by atoms with Crippen LogP contribution in [0.25, 0.3) is 0 Å². The van der Waals surface area contributed by atoms with Crippen molar-refractivity contribution in [2.24, 2.45) is 0 Å². The third-order valence-corrected chi connectivity index (χ3v) is 2.88. The number of aliphatic hydroxyl groups excluding tert-OH is 1. The molecule has 0 aromatic carbocycles. The van der Waals surface area contributed by atoms with Crippen molar-refractivity contribution in [3.05, 3.63) is 21.9 Å². The SMILES string of the molecule is CCOC(=O)Cc1ccc(COCCO)s1. The first kappa shape index (κ1) is 13.2. The second-order valence-electron chi connectivity index (χ2n) is 3.13. The Kier molecular flexibility index (Phi) is 6.07. The van der Waals surface area contributed by atoms with Crippen molar-refractivity contribution >= 4 is 17.3 Å². The highest BCUT2D eigenvalue weighted by Gasteiger charge is 2.06. The average molecular weight is 244 g/mol. The molecule has 16 heavy (non-hydrogen) atoms. The van der Waals surface area contributed by atoms with Gasteiger partial charge in [0.05, 0.1) is 32.8 Å². The number of rotatable bonds is 7. The summed E-state index contributed by atoms with van der Waals surface area (Å²) in [6.07, 6.45) is 0.318. The Balaban J connectivity index is 2.36. The molecule has 90 valence electrons. The van der Waals surface area contributed by atoms with E-state index in [2.05, 4.69) is 0 Å². The van der Waals surface area contributed by atoms with E-state index < -0.39 is 0 Å². The Bertz CT molecular complexity index is 322. The fraction of sp³-hybridized carbons (Fsp3) is 0.545.